The number of hydrogen-bond acceptors (Lipinski definition) is 6. The van der Waals surface area contributed by atoms with Crippen LogP contribution in [0.15, 0.2) is 54.5 Å². The van der Waals surface area contributed by atoms with Gasteiger partial charge in [-0.3, -0.25) is 9.69 Å². The van der Waals surface area contributed by atoms with Crippen molar-refractivity contribution in [1.29, 1.82) is 0 Å². The number of benzene rings is 2. The minimum absolute atomic E-state index is 0.185. The highest BCUT2D eigenvalue weighted by Crippen LogP contribution is 2.37. The van der Waals surface area contributed by atoms with E-state index in [0.29, 0.717) is 30.6 Å². The monoisotopic (exact) mass is 396 g/mol. The zero-order chi connectivity index (χ0) is 19.5. The molecule has 0 radical (unpaired) electrons. The summed E-state index contributed by atoms with van der Waals surface area (Å²) < 4.78 is 17.3. The molecule has 1 amide bonds. The van der Waals surface area contributed by atoms with Gasteiger partial charge >= 0.3 is 0 Å². The predicted octanol–water partition coefficient (Wildman–Crippen LogP) is 4.03. The van der Waals surface area contributed by atoms with Crippen molar-refractivity contribution in [3.05, 3.63) is 65.6 Å². The van der Waals surface area contributed by atoms with Crippen LogP contribution in [-0.2, 0) is 20.8 Å². The maximum Gasteiger partial charge on any atom is 0.298 e. The first-order valence-corrected chi connectivity index (χ1v) is 9.73. The van der Waals surface area contributed by atoms with Crippen LogP contribution >= 0.6 is 11.3 Å². The second-order valence-corrected chi connectivity index (χ2v) is 7.31. The Morgan fingerprint density at radius 2 is 2.04 bits per heavy atom. The normalized spacial score (nSPS) is 13.4. The molecule has 1 aromatic heterocycles. The predicted molar refractivity (Wildman–Crippen MR) is 109 cm³/mol. The smallest absolute Gasteiger partial charge is 0.298 e. The Hall–Kier alpha value is -3.06. The fraction of sp³-hybridized carbons (Fsp3) is 0.238. The molecule has 2 heterocycles. The number of rotatable bonds is 5. The van der Waals surface area contributed by atoms with Crippen LogP contribution in [0.5, 0.6) is 5.75 Å². The molecule has 0 fully saturated rings. The van der Waals surface area contributed by atoms with Gasteiger partial charge in [-0.1, -0.05) is 47.7 Å². The van der Waals surface area contributed by atoms with Gasteiger partial charge in [0.25, 0.3) is 5.91 Å². The average Bonchev–Trinajstić information content (AvgIpc) is 3.19. The summed E-state index contributed by atoms with van der Waals surface area (Å²) in [6.07, 6.45) is 1.38. The van der Waals surface area contributed by atoms with Gasteiger partial charge in [0.15, 0.2) is 5.13 Å². The van der Waals surface area contributed by atoms with Gasteiger partial charge in [0.2, 0.25) is 5.76 Å². The number of carbonyl (C=O) groups is 1. The number of nitrogens with zero attached hydrogens (tertiary/aromatic N) is 2. The third-order valence-corrected chi connectivity index (χ3v) is 5.65. The van der Waals surface area contributed by atoms with E-state index in [4.69, 9.17) is 19.2 Å². The molecule has 0 unspecified atom stereocenters. The molecule has 0 saturated carbocycles. The quantitative estimate of drug-likeness (QED) is 0.652. The van der Waals surface area contributed by atoms with Crippen LogP contribution in [0.1, 0.15) is 11.1 Å². The first kappa shape index (κ1) is 18.3. The number of thiazole rings is 1. The van der Waals surface area contributed by atoms with Gasteiger partial charge in [-0.25, -0.2) is 4.98 Å². The van der Waals surface area contributed by atoms with Crippen molar-refractivity contribution < 1.29 is 19.0 Å². The van der Waals surface area contributed by atoms with Crippen molar-refractivity contribution in [3.63, 3.8) is 0 Å². The lowest BCUT2D eigenvalue weighted by molar-refractivity contribution is -0.119. The second kappa shape index (κ2) is 7.90. The van der Waals surface area contributed by atoms with E-state index in [0.717, 1.165) is 21.3 Å². The minimum Gasteiger partial charge on any atom is -0.494 e. The summed E-state index contributed by atoms with van der Waals surface area (Å²) >= 11 is 1.46. The molecule has 7 heteroatoms. The Morgan fingerprint density at radius 1 is 1.21 bits per heavy atom. The Morgan fingerprint density at radius 3 is 2.75 bits per heavy atom. The maximum absolute atomic E-state index is 13.2. The summed E-state index contributed by atoms with van der Waals surface area (Å²) in [5.74, 6) is 0.594. The van der Waals surface area contributed by atoms with Crippen LogP contribution in [0.2, 0.25) is 0 Å². The zero-order valence-electron chi connectivity index (χ0n) is 15.7. The lowest BCUT2D eigenvalue weighted by Gasteiger charge is -2.23. The summed E-state index contributed by atoms with van der Waals surface area (Å²) in [5.41, 5.74) is 2.84. The molecule has 0 spiro atoms. The van der Waals surface area contributed by atoms with Gasteiger partial charge in [-0.2, -0.15) is 0 Å². The van der Waals surface area contributed by atoms with Crippen LogP contribution in [-0.4, -0.2) is 31.2 Å². The van der Waals surface area contributed by atoms with E-state index >= 15 is 0 Å². The third kappa shape index (κ3) is 3.53. The van der Waals surface area contributed by atoms with E-state index in [1.807, 2.05) is 49.4 Å². The molecule has 0 bridgehead atoms. The van der Waals surface area contributed by atoms with E-state index in [9.17, 15) is 4.79 Å². The fourth-order valence-electron chi connectivity index (χ4n) is 2.98. The van der Waals surface area contributed by atoms with E-state index in [1.165, 1.54) is 17.6 Å². The first-order valence-electron chi connectivity index (χ1n) is 8.92. The van der Waals surface area contributed by atoms with Crippen molar-refractivity contribution in [3.8, 4) is 5.75 Å². The van der Waals surface area contributed by atoms with Crippen molar-refractivity contribution in [2.75, 3.05) is 25.2 Å². The number of methoxy groups -OCH3 is 1. The van der Waals surface area contributed by atoms with E-state index in [2.05, 4.69) is 0 Å². The van der Waals surface area contributed by atoms with E-state index in [1.54, 1.807) is 12.0 Å². The van der Waals surface area contributed by atoms with Crippen LogP contribution in [0.4, 0.5) is 5.13 Å². The highest BCUT2D eigenvalue weighted by atomic mass is 32.1. The third-order valence-electron chi connectivity index (χ3n) is 4.43. The van der Waals surface area contributed by atoms with Crippen molar-refractivity contribution in [2.45, 2.75) is 13.5 Å². The number of aryl methyl sites for hydroxylation is 1. The molecule has 0 aliphatic carbocycles. The summed E-state index contributed by atoms with van der Waals surface area (Å²) in [7, 11) is 1.62. The summed E-state index contributed by atoms with van der Waals surface area (Å²) in [6, 6.07) is 13.7. The van der Waals surface area contributed by atoms with Crippen LogP contribution in [0.3, 0.4) is 0 Å². The lowest BCUT2D eigenvalue weighted by Crippen LogP contribution is -2.33. The molecule has 3 aromatic rings. The highest BCUT2D eigenvalue weighted by molar-refractivity contribution is 7.22. The topological polar surface area (TPSA) is 60.9 Å². The summed E-state index contributed by atoms with van der Waals surface area (Å²) in [5, 5.41) is 0.589. The van der Waals surface area contributed by atoms with Gasteiger partial charge in [0.05, 0.1) is 18.4 Å². The highest BCUT2D eigenvalue weighted by Gasteiger charge is 2.27. The number of ether oxygens (including phenoxy) is 3. The van der Waals surface area contributed by atoms with Crippen molar-refractivity contribution >= 4 is 32.6 Å². The van der Waals surface area contributed by atoms with E-state index in [-0.39, 0.29) is 11.7 Å². The standard InChI is InChI=1S/C21H20N2O4S/c1-14-8-9-16(25-2)18-19(14)28-21(22-18)23(12-15-6-4-3-5-7-15)20(24)17-13-26-10-11-27-17/h3-9,13H,10-12H2,1-2H3. The SMILES string of the molecule is COc1ccc(C)c2sc(N(Cc3ccccc3)C(=O)C3=COCCO3)nc12. The van der Waals surface area contributed by atoms with Gasteiger partial charge < -0.3 is 14.2 Å². The Balaban J connectivity index is 1.78. The molecule has 6 nitrogen and oxygen atoms in total. The Bertz CT molecular complexity index is 1030. The largest absolute Gasteiger partial charge is 0.494 e. The fourth-order valence-corrected chi connectivity index (χ4v) is 4.03. The number of fused-ring (bicyclic) bond motifs is 1. The Labute approximate surface area is 167 Å². The van der Waals surface area contributed by atoms with Gasteiger partial charge in [-0.15, -0.1) is 0 Å². The van der Waals surface area contributed by atoms with Crippen molar-refractivity contribution in [2.24, 2.45) is 0 Å². The molecule has 1 aliphatic rings. The molecule has 2 aromatic carbocycles. The summed E-state index contributed by atoms with van der Waals surface area (Å²) in [4.78, 5) is 19.6. The van der Waals surface area contributed by atoms with Gasteiger partial charge in [0.1, 0.15) is 30.7 Å². The average molecular weight is 396 g/mol. The van der Waals surface area contributed by atoms with Crippen LogP contribution < -0.4 is 9.64 Å². The minimum atomic E-state index is -0.278. The number of anilines is 1. The van der Waals surface area contributed by atoms with E-state index < -0.39 is 0 Å². The molecule has 0 atom stereocenters. The van der Waals surface area contributed by atoms with Crippen LogP contribution in [0.25, 0.3) is 10.2 Å². The molecule has 0 N–H and O–H groups in total. The number of aromatic nitrogens is 1. The molecule has 28 heavy (non-hydrogen) atoms. The van der Waals surface area contributed by atoms with Gasteiger partial charge in [-0.05, 0) is 24.1 Å². The summed E-state index contributed by atoms with van der Waals surface area (Å²) in [6.45, 7) is 3.19. The molecule has 1 aliphatic heterocycles. The zero-order valence-corrected chi connectivity index (χ0v) is 16.5. The molecule has 144 valence electrons. The number of carbonyl (C=O) groups excluding carboxylic acids is 1. The maximum atomic E-state index is 13.2. The molecule has 0 saturated heterocycles. The first-order chi connectivity index (χ1) is 13.7. The van der Waals surface area contributed by atoms with Crippen LogP contribution in [0, 0.1) is 6.92 Å². The molecular formula is C21H20N2O4S. The second-order valence-electron chi connectivity index (χ2n) is 6.34. The lowest BCUT2D eigenvalue weighted by atomic mass is 10.2. The van der Waals surface area contributed by atoms with Crippen molar-refractivity contribution in [1.82, 2.24) is 4.98 Å². The number of amides is 1. The number of hydrogen-bond donors (Lipinski definition) is 0. The molecular weight excluding hydrogens is 376 g/mol. The molecule has 4 rings (SSSR count). The van der Waals surface area contributed by atoms with Gasteiger partial charge in [0, 0.05) is 0 Å². The Kier molecular flexibility index (Phi) is 5.16.